The number of allylic oxidation sites excluding steroid dienone is 4. The summed E-state index contributed by atoms with van der Waals surface area (Å²) in [5.41, 5.74) is 0. The fourth-order valence-corrected chi connectivity index (χ4v) is 10.8. The van der Waals surface area contributed by atoms with Crippen LogP contribution in [0.5, 0.6) is 0 Å². The lowest BCUT2D eigenvalue weighted by Gasteiger charge is -2.22. The van der Waals surface area contributed by atoms with Gasteiger partial charge in [-0.3, -0.25) is 9.59 Å². The minimum absolute atomic E-state index is 0.0120. The molecule has 444 valence electrons. The third-order valence-corrected chi connectivity index (χ3v) is 16.0. The molecule has 3 N–H and O–H groups in total. The number of aliphatic hydroxyl groups excluding tert-OH is 2. The highest BCUT2D eigenvalue weighted by Gasteiger charge is 2.20. The Morgan fingerprint density at radius 3 is 1.03 bits per heavy atom. The van der Waals surface area contributed by atoms with Crippen molar-refractivity contribution in [3.63, 3.8) is 0 Å². The maximum Gasteiger partial charge on any atom is 0.305 e. The van der Waals surface area contributed by atoms with Crippen LogP contribution in [0.3, 0.4) is 0 Å². The van der Waals surface area contributed by atoms with E-state index >= 15 is 0 Å². The SMILES string of the molecule is CCCCCC/C=C\C/C=C\CCCCCCCCCC(=O)OCCCCCCCCCCCCCCCCCCCCCCCCCCCCCCC(=O)NC(CO)C(O)CCCCCCCCCCCCCC. The van der Waals surface area contributed by atoms with Crippen LogP contribution in [0, 0.1) is 0 Å². The predicted octanol–water partition coefficient (Wildman–Crippen LogP) is 21.8. The van der Waals surface area contributed by atoms with Crippen molar-refractivity contribution in [3.8, 4) is 0 Å². The molecule has 2 atom stereocenters. The van der Waals surface area contributed by atoms with Crippen molar-refractivity contribution in [1.82, 2.24) is 5.32 Å². The summed E-state index contributed by atoms with van der Waals surface area (Å²) in [6, 6.07) is -0.538. The molecule has 0 aliphatic rings. The first-order valence-corrected chi connectivity index (χ1v) is 34.1. The lowest BCUT2D eigenvalue weighted by molar-refractivity contribution is -0.143. The van der Waals surface area contributed by atoms with E-state index in [1.54, 1.807) is 0 Å². The molecule has 0 aromatic carbocycles. The Morgan fingerprint density at radius 1 is 0.373 bits per heavy atom. The summed E-state index contributed by atoms with van der Waals surface area (Å²) < 4.78 is 5.50. The molecule has 0 radical (unpaired) electrons. The second kappa shape index (κ2) is 64.9. The Bertz CT molecular complexity index is 1170. The summed E-state index contributed by atoms with van der Waals surface area (Å²) >= 11 is 0. The Hall–Kier alpha value is -1.66. The van der Waals surface area contributed by atoms with Crippen molar-refractivity contribution in [2.24, 2.45) is 0 Å². The molecule has 0 aliphatic heterocycles. The van der Waals surface area contributed by atoms with Gasteiger partial charge in [-0.15, -0.1) is 0 Å². The van der Waals surface area contributed by atoms with Gasteiger partial charge >= 0.3 is 5.97 Å². The standard InChI is InChI=1S/C69H133NO5/c1-3-5-7-9-11-13-15-17-18-19-33-36-39-43-47-51-55-59-63-69(74)75-64-60-56-52-48-44-40-37-34-31-29-27-25-23-21-20-22-24-26-28-30-32-35-38-42-46-50-54-58-62-68(73)70-66(65-71)67(72)61-57-53-49-45-41-16-14-12-10-8-6-4-2/h13,15,18-19,66-67,71-72H,3-12,14,16-17,20-65H2,1-2H3,(H,70,73)/b15-13-,19-18-. The second-order valence-electron chi connectivity index (χ2n) is 23.5. The zero-order valence-electron chi connectivity index (χ0n) is 50.8. The van der Waals surface area contributed by atoms with Crippen LogP contribution in [-0.2, 0) is 14.3 Å². The Morgan fingerprint density at radius 2 is 0.667 bits per heavy atom. The predicted molar refractivity (Wildman–Crippen MR) is 329 cm³/mol. The van der Waals surface area contributed by atoms with E-state index in [4.69, 9.17) is 4.74 Å². The largest absolute Gasteiger partial charge is 0.466 e. The Kier molecular flexibility index (Phi) is 63.4. The van der Waals surface area contributed by atoms with E-state index < -0.39 is 12.1 Å². The number of hydrogen-bond donors (Lipinski definition) is 3. The quantitative estimate of drug-likeness (QED) is 0.0320. The van der Waals surface area contributed by atoms with Gasteiger partial charge in [0.15, 0.2) is 0 Å². The van der Waals surface area contributed by atoms with E-state index in [1.165, 1.54) is 295 Å². The van der Waals surface area contributed by atoms with Crippen LogP contribution in [0.4, 0.5) is 0 Å². The van der Waals surface area contributed by atoms with E-state index in [0.717, 1.165) is 51.4 Å². The van der Waals surface area contributed by atoms with Crippen molar-refractivity contribution in [2.75, 3.05) is 13.2 Å². The number of carbonyl (C=O) groups is 2. The van der Waals surface area contributed by atoms with Crippen LogP contribution in [0.15, 0.2) is 24.3 Å². The first kappa shape index (κ1) is 73.3. The third-order valence-electron chi connectivity index (χ3n) is 16.0. The number of ether oxygens (including phenoxy) is 1. The molecule has 75 heavy (non-hydrogen) atoms. The van der Waals surface area contributed by atoms with E-state index in [1.807, 2.05) is 0 Å². The first-order chi connectivity index (χ1) is 37.0. The lowest BCUT2D eigenvalue weighted by Crippen LogP contribution is -2.45. The molecule has 0 saturated carbocycles. The van der Waals surface area contributed by atoms with Gasteiger partial charge in [-0.25, -0.2) is 0 Å². The van der Waals surface area contributed by atoms with Gasteiger partial charge in [0.25, 0.3) is 0 Å². The van der Waals surface area contributed by atoms with Gasteiger partial charge < -0.3 is 20.3 Å². The van der Waals surface area contributed by atoms with Crippen LogP contribution in [0.1, 0.15) is 380 Å². The van der Waals surface area contributed by atoms with Gasteiger partial charge in [0, 0.05) is 12.8 Å². The average Bonchev–Trinajstić information content (AvgIpc) is 3.41. The van der Waals surface area contributed by atoms with Gasteiger partial charge in [-0.05, 0) is 57.8 Å². The Labute approximate surface area is 469 Å². The van der Waals surface area contributed by atoms with Crippen LogP contribution in [0.25, 0.3) is 0 Å². The maximum atomic E-state index is 12.5. The fourth-order valence-electron chi connectivity index (χ4n) is 10.8. The molecule has 0 fully saturated rings. The molecule has 0 heterocycles. The van der Waals surface area contributed by atoms with E-state index in [2.05, 4.69) is 43.5 Å². The number of esters is 1. The van der Waals surface area contributed by atoms with Gasteiger partial charge in [0.2, 0.25) is 5.91 Å². The number of hydrogen-bond acceptors (Lipinski definition) is 5. The summed E-state index contributed by atoms with van der Waals surface area (Å²) in [5, 5.41) is 23.3. The van der Waals surface area contributed by atoms with Gasteiger partial charge in [-0.1, -0.05) is 334 Å². The zero-order valence-corrected chi connectivity index (χ0v) is 50.8. The second-order valence-corrected chi connectivity index (χ2v) is 23.5. The fraction of sp³-hybridized carbons (Fsp3) is 0.913. The zero-order chi connectivity index (χ0) is 54.3. The summed E-state index contributed by atoms with van der Waals surface area (Å²) in [5.74, 6) is -0.0186. The molecule has 0 aliphatic carbocycles. The summed E-state index contributed by atoms with van der Waals surface area (Å²) in [4.78, 5) is 24.6. The summed E-state index contributed by atoms with van der Waals surface area (Å²) in [6.07, 6.45) is 80.8. The average molecular weight is 1060 g/mol. The third kappa shape index (κ3) is 61.4. The number of rotatable bonds is 64. The molecule has 6 heteroatoms. The molecule has 1 amide bonds. The topological polar surface area (TPSA) is 95.9 Å². The number of nitrogens with one attached hydrogen (secondary N) is 1. The highest BCUT2D eigenvalue weighted by Crippen LogP contribution is 2.19. The summed E-state index contributed by atoms with van der Waals surface area (Å²) in [6.45, 7) is 4.96. The first-order valence-electron chi connectivity index (χ1n) is 34.1. The van der Waals surface area contributed by atoms with Crippen LogP contribution in [-0.4, -0.2) is 47.4 Å². The van der Waals surface area contributed by atoms with E-state index in [0.29, 0.717) is 25.9 Å². The van der Waals surface area contributed by atoms with Gasteiger partial charge in [0.05, 0.1) is 25.4 Å². The molecule has 0 spiro atoms. The molecule has 0 bridgehead atoms. The molecule has 0 aromatic heterocycles. The van der Waals surface area contributed by atoms with Crippen LogP contribution < -0.4 is 5.32 Å². The number of unbranched alkanes of at least 4 members (excludes halogenated alkanes) is 49. The molecule has 2 unspecified atom stereocenters. The van der Waals surface area contributed by atoms with Crippen LogP contribution >= 0.6 is 0 Å². The van der Waals surface area contributed by atoms with Crippen molar-refractivity contribution >= 4 is 11.9 Å². The number of aliphatic hydroxyl groups is 2. The highest BCUT2D eigenvalue weighted by molar-refractivity contribution is 5.76. The van der Waals surface area contributed by atoms with E-state index in [-0.39, 0.29) is 18.5 Å². The number of carbonyl (C=O) groups excluding carboxylic acids is 2. The van der Waals surface area contributed by atoms with E-state index in [9.17, 15) is 19.8 Å². The Balaban J connectivity index is 3.32. The van der Waals surface area contributed by atoms with Crippen LogP contribution in [0.2, 0.25) is 0 Å². The highest BCUT2D eigenvalue weighted by atomic mass is 16.5. The molecule has 0 aromatic rings. The monoisotopic (exact) mass is 1060 g/mol. The molecule has 0 rings (SSSR count). The maximum absolute atomic E-state index is 12.5. The van der Waals surface area contributed by atoms with Crippen molar-refractivity contribution < 1.29 is 24.5 Å². The van der Waals surface area contributed by atoms with Crippen molar-refractivity contribution in [3.05, 3.63) is 24.3 Å². The minimum Gasteiger partial charge on any atom is -0.466 e. The normalized spacial score (nSPS) is 12.6. The van der Waals surface area contributed by atoms with Gasteiger partial charge in [0.1, 0.15) is 0 Å². The van der Waals surface area contributed by atoms with Gasteiger partial charge in [-0.2, -0.15) is 0 Å². The van der Waals surface area contributed by atoms with Crippen molar-refractivity contribution in [1.29, 1.82) is 0 Å². The minimum atomic E-state index is -0.660. The summed E-state index contributed by atoms with van der Waals surface area (Å²) in [7, 11) is 0. The molecular formula is C69H133NO5. The smallest absolute Gasteiger partial charge is 0.305 e. The number of amides is 1. The van der Waals surface area contributed by atoms with Crippen molar-refractivity contribution in [2.45, 2.75) is 392 Å². The molecule has 6 nitrogen and oxygen atoms in total. The molecule has 0 saturated heterocycles. The lowest BCUT2D eigenvalue weighted by atomic mass is 10.0. The molecular weight excluding hydrogens is 923 g/mol.